The number of anilines is 1. The van der Waals surface area contributed by atoms with Gasteiger partial charge >= 0.3 is 5.97 Å². The number of carbonyl (C=O) groups excluding carboxylic acids is 6. The van der Waals surface area contributed by atoms with Crippen molar-refractivity contribution < 1.29 is 58.4 Å². The number of nitrogens with one attached hydrogen (secondary N) is 4. The molecule has 79 heavy (non-hydrogen) atoms. The number of Topliss-reactive ketones (excluding diaryl/α,β-unsaturated/α-hetero) is 1. The minimum Gasteiger partial charge on any atom is -0.481 e. The number of aromatic nitrogens is 3. The van der Waals surface area contributed by atoms with Crippen molar-refractivity contribution in [1.82, 2.24) is 31.4 Å². The summed E-state index contributed by atoms with van der Waals surface area (Å²) in [4.78, 5) is 93.5. The zero-order chi connectivity index (χ0) is 55.2. The van der Waals surface area contributed by atoms with Crippen LogP contribution in [0.2, 0.25) is 0 Å². The molecule has 412 valence electrons. The van der Waals surface area contributed by atoms with E-state index in [2.05, 4.69) is 38.3 Å². The molecule has 19 nitrogen and oxygen atoms in total. The number of amides is 4. The van der Waals surface area contributed by atoms with E-state index in [0.717, 1.165) is 47.1 Å². The number of allylic oxidation sites excluding steroid dienone is 4. The van der Waals surface area contributed by atoms with Gasteiger partial charge in [-0.1, -0.05) is 92.2 Å². The molecule has 7 fully saturated rings. The third-order valence-electron chi connectivity index (χ3n) is 19.4. The summed E-state index contributed by atoms with van der Waals surface area (Å²) in [5.41, 5.74) is 3.79. The van der Waals surface area contributed by atoms with Crippen LogP contribution in [0, 0.1) is 34.0 Å². The van der Waals surface area contributed by atoms with Crippen LogP contribution in [0.25, 0.3) is 22.5 Å². The van der Waals surface area contributed by atoms with Crippen molar-refractivity contribution in [2.24, 2.45) is 34.0 Å². The maximum absolute atomic E-state index is 14.1. The van der Waals surface area contributed by atoms with E-state index in [1.54, 1.807) is 17.1 Å². The van der Waals surface area contributed by atoms with E-state index < -0.39 is 89.1 Å². The molecule has 10 atom stereocenters. The first-order chi connectivity index (χ1) is 37.9. The van der Waals surface area contributed by atoms with Crippen LogP contribution in [0.3, 0.4) is 0 Å². The summed E-state index contributed by atoms with van der Waals surface area (Å²) < 4.78 is 13.5. The third kappa shape index (κ3) is 8.74. The smallest absolute Gasteiger partial charge is 0.303 e. The van der Waals surface area contributed by atoms with Crippen molar-refractivity contribution in [3.63, 3.8) is 0 Å². The van der Waals surface area contributed by atoms with Gasteiger partial charge in [0.1, 0.15) is 24.0 Å². The zero-order valence-electron chi connectivity index (χ0n) is 44.2. The Morgan fingerprint density at radius 2 is 1.62 bits per heavy atom. The Bertz CT molecular complexity index is 3240. The van der Waals surface area contributed by atoms with Crippen molar-refractivity contribution in [2.45, 2.75) is 133 Å². The standard InChI is InChI=1S/C60H65N7O12/c1-56-22-21-37(69)23-36(56)15-16-39-41-24-46-60(45(71)29-68,57(41,2)26-44(70)51(39)56)79-55(78-46)34-13-11-33(12-14-34)25-58-30-59(31-58,32-58)63-54(77)42(17-20-50(75)76)62-48(73)27-61-47(72)18-19-49(74)67-28-35-7-3-4-8-38(35)52-53(65-66-64-52)40-9-5-6-10-43(40)67/h3-14,21-23,39,41-42,44,46,51,55,68,70H,15-20,24-32H2,1-2H3,(H,61,72)(H,62,73)(H,63,77)(H,75,76)(H,64,65,66)/t39-,41-,42-,44-,46+,51+,55+,56-,57-,58?,59?,60+/m0/s1. The number of rotatable bonds is 16. The van der Waals surface area contributed by atoms with Crippen LogP contribution >= 0.6 is 0 Å². The Morgan fingerprint density at radius 1 is 0.899 bits per heavy atom. The van der Waals surface area contributed by atoms with Gasteiger partial charge in [0.2, 0.25) is 23.6 Å². The molecule has 6 saturated carbocycles. The first-order valence-electron chi connectivity index (χ1n) is 27.5. The average molecular weight is 1080 g/mol. The van der Waals surface area contributed by atoms with Gasteiger partial charge < -0.3 is 45.6 Å². The van der Waals surface area contributed by atoms with Crippen molar-refractivity contribution in [3.05, 3.63) is 113 Å². The quantitative estimate of drug-likeness (QED) is 0.0768. The Kier molecular flexibility index (Phi) is 13.0. The van der Waals surface area contributed by atoms with Crippen LogP contribution in [0.4, 0.5) is 5.69 Å². The molecule has 13 rings (SSSR count). The number of para-hydroxylation sites is 1. The average Bonchev–Trinajstić information content (AvgIpc) is 3.53. The minimum absolute atomic E-state index is 0.0203. The summed E-state index contributed by atoms with van der Waals surface area (Å²) in [7, 11) is 0. The van der Waals surface area contributed by atoms with Crippen LogP contribution in [-0.4, -0.2) is 114 Å². The number of carboxylic acid groups (broad SMARTS) is 1. The molecule has 7 N–H and O–H groups in total. The molecular formula is C60H65N7O12. The Hall–Kier alpha value is -7.19. The highest BCUT2D eigenvalue weighted by Gasteiger charge is 2.76. The number of benzene rings is 3. The van der Waals surface area contributed by atoms with Gasteiger partial charge in [-0.3, -0.25) is 33.6 Å². The maximum Gasteiger partial charge on any atom is 0.303 e. The van der Waals surface area contributed by atoms with Crippen molar-refractivity contribution >= 4 is 46.9 Å². The molecule has 4 aromatic rings. The molecule has 0 spiro atoms. The number of ether oxygens (including phenoxy) is 2. The summed E-state index contributed by atoms with van der Waals surface area (Å²) >= 11 is 0. The van der Waals surface area contributed by atoms with Crippen molar-refractivity contribution in [1.29, 1.82) is 0 Å². The number of aliphatic carboxylic acids is 1. The van der Waals surface area contributed by atoms with Gasteiger partial charge in [-0.2, -0.15) is 15.4 Å². The summed E-state index contributed by atoms with van der Waals surface area (Å²) in [6.07, 6.45) is 7.23. The number of carbonyl (C=O) groups is 7. The van der Waals surface area contributed by atoms with Gasteiger partial charge in [-0.15, -0.1) is 0 Å². The molecule has 0 unspecified atom stereocenters. The van der Waals surface area contributed by atoms with Crippen LogP contribution < -0.4 is 20.9 Å². The van der Waals surface area contributed by atoms with Crippen molar-refractivity contribution in [2.75, 3.05) is 18.1 Å². The van der Waals surface area contributed by atoms with Gasteiger partial charge in [-0.05, 0) is 104 Å². The summed E-state index contributed by atoms with van der Waals surface area (Å²) in [5, 5.41) is 51.7. The number of ketones is 2. The highest BCUT2D eigenvalue weighted by Crippen LogP contribution is 2.71. The van der Waals surface area contributed by atoms with E-state index >= 15 is 0 Å². The molecule has 4 amide bonds. The van der Waals surface area contributed by atoms with Crippen LogP contribution in [0.1, 0.15) is 107 Å². The van der Waals surface area contributed by atoms with E-state index in [1.165, 1.54) is 0 Å². The molecule has 7 aliphatic carbocycles. The van der Waals surface area contributed by atoms with E-state index in [4.69, 9.17) is 9.47 Å². The zero-order valence-corrected chi connectivity index (χ0v) is 44.2. The topological polar surface area (TPSA) is 280 Å². The minimum atomic E-state index is -1.46. The van der Waals surface area contributed by atoms with E-state index in [-0.39, 0.29) is 73.5 Å². The molecule has 1 aromatic heterocycles. The fourth-order valence-corrected chi connectivity index (χ4v) is 16.0. The number of carboxylic acids is 1. The Balaban J connectivity index is 0.630. The van der Waals surface area contributed by atoms with Crippen LogP contribution in [-0.2, 0) is 56.0 Å². The third-order valence-corrected chi connectivity index (χ3v) is 19.4. The molecule has 3 aromatic carbocycles. The second-order valence-electron chi connectivity index (χ2n) is 24.1. The lowest BCUT2D eigenvalue weighted by atomic mass is 9.38. The summed E-state index contributed by atoms with van der Waals surface area (Å²) in [5.74, 6) is -3.78. The molecule has 9 aliphatic rings. The van der Waals surface area contributed by atoms with E-state index in [1.807, 2.05) is 85.8 Å². The second-order valence-corrected chi connectivity index (χ2v) is 24.1. The van der Waals surface area contributed by atoms with Gasteiger partial charge in [0.15, 0.2) is 23.5 Å². The predicted molar refractivity (Wildman–Crippen MR) is 284 cm³/mol. The second kappa shape index (κ2) is 19.6. The number of nitrogens with zero attached hydrogens (tertiary/aromatic N) is 3. The molecule has 3 heterocycles. The number of aromatic amines is 1. The Labute approximate surface area is 456 Å². The normalized spacial score (nSPS) is 32.5. The molecule has 1 saturated heterocycles. The lowest BCUT2D eigenvalue weighted by Gasteiger charge is -2.71. The van der Waals surface area contributed by atoms with Crippen LogP contribution in [0.15, 0.2) is 96.6 Å². The predicted octanol–water partition coefficient (Wildman–Crippen LogP) is 5.12. The van der Waals surface area contributed by atoms with E-state index in [0.29, 0.717) is 48.3 Å². The summed E-state index contributed by atoms with van der Waals surface area (Å²) in [6.45, 7) is 3.14. The van der Waals surface area contributed by atoms with Gasteiger partial charge in [-0.25, -0.2) is 0 Å². The molecule has 2 aliphatic heterocycles. The molecule has 2 bridgehead atoms. The molecule has 0 radical (unpaired) electrons. The van der Waals surface area contributed by atoms with Gasteiger partial charge in [0.25, 0.3) is 0 Å². The molecule has 19 heteroatoms. The first kappa shape index (κ1) is 52.5. The lowest BCUT2D eigenvalue weighted by Crippen LogP contribution is -2.76. The molecular weight excluding hydrogens is 1010 g/mol. The lowest BCUT2D eigenvalue weighted by molar-refractivity contribution is -0.201. The number of aliphatic hydroxyl groups excluding tert-OH is 2. The monoisotopic (exact) mass is 1080 g/mol. The highest BCUT2D eigenvalue weighted by atomic mass is 16.7. The summed E-state index contributed by atoms with van der Waals surface area (Å²) in [6, 6.07) is 21.7. The van der Waals surface area contributed by atoms with Gasteiger partial charge in [0.05, 0.1) is 31.0 Å². The van der Waals surface area contributed by atoms with Gasteiger partial charge in [0, 0.05) is 58.2 Å². The number of hydrogen-bond donors (Lipinski definition) is 7. The van der Waals surface area contributed by atoms with Crippen LogP contribution in [0.5, 0.6) is 0 Å². The van der Waals surface area contributed by atoms with Crippen molar-refractivity contribution in [3.8, 4) is 22.5 Å². The fourth-order valence-electron chi connectivity index (χ4n) is 16.0. The Morgan fingerprint density at radius 3 is 2.37 bits per heavy atom. The number of hydrogen-bond acceptors (Lipinski definition) is 13. The van der Waals surface area contributed by atoms with E-state index in [9.17, 15) is 48.9 Å². The highest BCUT2D eigenvalue weighted by molar-refractivity contribution is 6.02. The number of fused-ring (bicyclic) bond motifs is 12. The first-order valence-corrected chi connectivity index (χ1v) is 27.5. The largest absolute Gasteiger partial charge is 0.481 e. The fraction of sp³-hybridized carbons (Fsp3) is 0.483. The number of aliphatic hydroxyl groups is 2. The maximum atomic E-state index is 14.1. The SMILES string of the molecule is C[C@]12C=CC(=O)C=C1CC[C@@H]1[C@@H]2[C@@H](O)C[C@@]2(C)[C@H]1C[C@H]1O[C@@H](c3ccc(CC45CC(NC(=O)[C@H](CCC(=O)O)NC(=O)CNC(=O)CCC(=O)N6Cc7ccccc7-c7n[nH]nc7-c7ccccc76)(C4)C5)cc3)O[C@]12C(=O)CO. The number of H-pyrrole nitrogens is 1.